The van der Waals surface area contributed by atoms with Gasteiger partial charge in [-0.25, -0.2) is 4.79 Å². The summed E-state index contributed by atoms with van der Waals surface area (Å²) in [6.07, 6.45) is 3.84. The van der Waals surface area contributed by atoms with E-state index in [2.05, 4.69) is 11.9 Å². The standard InChI is InChI=1S/C15H25NO6/c1-3-7-20-10-13(15(18)19)16-14(17)11(2)22-9-12-6-4-5-8-21-12/h3,11-13H,1,4-10H2,2H3,(H,16,17)(H,18,19). The summed E-state index contributed by atoms with van der Waals surface area (Å²) in [4.78, 5) is 23.0. The first-order valence-corrected chi connectivity index (χ1v) is 7.49. The average molecular weight is 315 g/mol. The molecule has 3 unspecified atom stereocenters. The van der Waals surface area contributed by atoms with Crippen molar-refractivity contribution >= 4 is 11.9 Å². The van der Waals surface area contributed by atoms with Crippen LogP contribution in [-0.4, -0.2) is 61.7 Å². The summed E-state index contributed by atoms with van der Waals surface area (Å²) in [7, 11) is 0. The molecule has 3 atom stereocenters. The van der Waals surface area contributed by atoms with Crippen molar-refractivity contribution in [2.24, 2.45) is 0 Å². The van der Waals surface area contributed by atoms with E-state index in [9.17, 15) is 9.59 Å². The third kappa shape index (κ3) is 7.02. The Morgan fingerprint density at radius 2 is 2.27 bits per heavy atom. The smallest absolute Gasteiger partial charge is 0.328 e. The van der Waals surface area contributed by atoms with Crippen molar-refractivity contribution in [3.8, 4) is 0 Å². The molecule has 0 bridgehead atoms. The van der Waals surface area contributed by atoms with Crippen molar-refractivity contribution in [1.82, 2.24) is 5.32 Å². The number of hydrogen-bond acceptors (Lipinski definition) is 5. The van der Waals surface area contributed by atoms with Crippen molar-refractivity contribution < 1.29 is 28.9 Å². The summed E-state index contributed by atoms with van der Waals surface area (Å²) in [6, 6.07) is -1.11. The quantitative estimate of drug-likeness (QED) is 0.456. The number of rotatable bonds is 10. The summed E-state index contributed by atoms with van der Waals surface area (Å²) in [6.45, 7) is 6.21. The van der Waals surface area contributed by atoms with Crippen molar-refractivity contribution in [3.05, 3.63) is 12.7 Å². The highest BCUT2D eigenvalue weighted by molar-refractivity contribution is 5.86. The molecule has 7 heteroatoms. The fourth-order valence-corrected chi connectivity index (χ4v) is 2.00. The highest BCUT2D eigenvalue weighted by Gasteiger charge is 2.24. The number of carboxylic acids is 1. The fraction of sp³-hybridized carbons (Fsp3) is 0.733. The summed E-state index contributed by atoms with van der Waals surface area (Å²) >= 11 is 0. The molecule has 1 saturated heterocycles. The Bertz CT molecular complexity index is 367. The molecule has 0 aliphatic carbocycles. The Kier molecular flexibility index (Phi) is 8.72. The third-order valence-corrected chi connectivity index (χ3v) is 3.31. The predicted molar refractivity (Wildman–Crippen MR) is 79.6 cm³/mol. The van der Waals surface area contributed by atoms with Crippen LogP contribution in [0.3, 0.4) is 0 Å². The highest BCUT2D eigenvalue weighted by atomic mass is 16.5. The molecule has 0 aromatic heterocycles. The van der Waals surface area contributed by atoms with Gasteiger partial charge in [0.15, 0.2) is 6.04 Å². The molecule has 7 nitrogen and oxygen atoms in total. The van der Waals surface area contributed by atoms with Crippen LogP contribution in [-0.2, 0) is 23.8 Å². The van der Waals surface area contributed by atoms with Crippen molar-refractivity contribution in [3.63, 3.8) is 0 Å². The van der Waals surface area contributed by atoms with Crippen LogP contribution < -0.4 is 5.32 Å². The summed E-state index contributed by atoms with van der Waals surface area (Å²) in [5, 5.41) is 11.5. The van der Waals surface area contributed by atoms with Crippen LogP contribution in [0.4, 0.5) is 0 Å². The SMILES string of the molecule is C=CCOCC(NC(=O)C(C)OCC1CCCCO1)C(=O)O. The number of ether oxygens (including phenoxy) is 3. The van der Waals surface area contributed by atoms with Gasteiger partial charge in [0.2, 0.25) is 5.91 Å². The van der Waals surface area contributed by atoms with Gasteiger partial charge in [0.25, 0.3) is 0 Å². The van der Waals surface area contributed by atoms with Gasteiger partial charge < -0.3 is 24.6 Å². The molecular weight excluding hydrogens is 290 g/mol. The maximum absolute atomic E-state index is 11.9. The van der Waals surface area contributed by atoms with Gasteiger partial charge >= 0.3 is 5.97 Å². The number of nitrogens with one attached hydrogen (secondary N) is 1. The van der Waals surface area contributed by atoms with E-state index in [0.717, 1.165) is 25.9 Å². The number of hydrogen-bond donors (Lipinski definition) is 2. The minimum atomic E-state index is -1.15. The van der Waals surface area contributed by atoms with Crippen molar-refractivity contribution in [2.75, 3.05) is 26.4 Å². The van der Waals surface area contributed by atoms with Crippen molar-refractivity contribution in [2.45, 2.75) is 44.4 Å². The van der Waals surface area contributed by atoms with E-state index < -0.39 is 24.0 Å². The molecule has 1 rings (SSSR count). The number of amides is 1. The van der Waals surface area contributed by atoms with E-state index >= 15 is 0 Å². The topological polar surface area (TPSA) is 94.1 Å². The minimum absolute atomic E-state index is 0.00944. The maximum atomic E-state index is 11.9. The molecule has 1 aliphatic heterocycles. The lowest BCUT2D eigenvalue weighted by atomic mass is 10.1. The molecule has 0 aromatic rings. The number of carbonyl (C=O) groups excluding carboxylic acids is 1. The zero-order chi connectivity index (χ0) is 16.4. The van der Waals surface area contributed by atoms with Crippen LogP contribution >= 0.6 is 0 Å². The Hall–Kier alpha value is -1.44. The van der Waals surface area contributed by atoms with Crippen LogP contribution in [0.5, 0.6) is 0 Å². The monoisotopic (exact) mass is 315 g/mol. The molecule has 0 saturated carbocycles. The molecule has 22 heavy (non-hydrogen) atoms. The van der Waals surface area contributed by atoms with Gasteiger partial charge in [-0.2, -0.15) is 0 Å². The van der Waals surface area contributed by atoms with Gasteiger partial charge in [0.05, 0.1) is 25.9 Å². The molecule has 1 amide bonds. The van der Waals surface area contributed by atoms with Crippen molar-refractivity contribution in [1.29, 1.82) is 0 Å². The molecule has 1 heterocycles. The number of carboxylic acid groups (broad SMARTS) is 1. The molecular formula is C15H25NO6. The molecule has 0 aromatic carbocycles. The highest BCUT2D eigenvalue weighted by Crippen LogP contribution is 2.13. The van der Waals surface area contributed by atoms with Gasteiger partial charge in [0, 0.05) is 6.61 Å². The lowest BCUT2D eigenvalue weighted by molar-refractivity contribution is -0.146. The first-order chi connectivity index (χ1) is 10.5. The molecule has 0 radical (unpaired) electrons. The largest absolute Gasteiger partial charge is 0.480 e. The maximum Gasteiger partial charge on any atom is 0.328 e. The summed E-state index contributed by atoms with van der Waals surface area (Å²) < 4.78 is 16.0. The molecule has 1 aliphatic rings. The molecule has 0 spiro atoms. The normalized spacial score (nSPS) is 20.9. The third-order valence-electron chi connectivity index (χ3n) is 3.31. The Balaban J connectivity index is 2.33. The zero-order valence-electron chi connectivity index (χ0n) is 13.0. The number of carbonyl (C=O) groups is 2. The van der Waals surface area contributed by atoms with Gasteiger partial charge in [-0.15, -0.1) is 6.58 Å². The van der Waals surface area contributed by atoms with Crippen LogP contribution in [0.15, 0.2) is 12.7 Å². The van der Waals surface area contributed by atoms with Crippen LogP contribution in [0, 0.1) is 0 Å². The predicted octanol–water partition coefficient (Wildman–Crippen LogP) is 0.733. The summed E-state index contributed by atoms with van der Waals surface area (Å²) in [5.74, 6) is -1.63. The molecule has 1 fully saturated rings. The van der Waals surface area contributed by atoms with Gasteiger partial charge in [-0.1, -0.05) is 6.08 Å². The van der Waals surface area contributed by atoms with Crippen LogP contribution in [0.2, 0.25) is 0 Å². The summed E-state index contributed by atoms with van der Waals surface area (Å²) in [5.41, 5.74) is 0. The van der Waals surface area contributed by atoms with E-state index in [1.807, 2.05) is 0 Å². The second-order valence-electron chi connectivity index (χ2n) is 5.19. The molecule has 2 N–H and O–H groups in total. The first-order valence-electron chi connectivity index (χ1n) is 7.49. The Labute approximate surface area is 130 Å². The number of aliphatic carboxylic acids is 1. The average Bonchev–Trinajstić information content (AvgIpc) is 2.52. The second kappa shape index (κ2) is 10.3. The van der Waals surface area contributed by atoms with E-state index in [-0.39, 0.29) is 19.3 Å². The second-order valence-corrected chi connectivity index (χ2v) is 5.19. The van der Waals surface area contributed by atoms with E-state index in [0.29, 0.717) is 6.61 Å². The minimum Gasteiger partial charge on any atom is -0.480 e. The van der Waals surface area contributed by atoms with Gasteiger partial charge in [-0.05, 0) is 26.2 Å². The van der Waals surface area contributed by atoms with Crippen LogP contribution in [0.25, 0.3) is 0 Å². The zero-order valence-corrected chi connectivity index (χ0v) is 13.0. The Morgan fingerprint density at radius 3 is 2.86 bits per heavy atom. The first kappa shape index (κ1) is 18.6. The van der Waals surface area contributed by atoms with Gasteiger partial charge in [-0.3, -0.25) is 4.79 Å². The molecule has 126 valence electrons. The van der Waals surface area contributed by atoms with E-state index in [4.69, 9.17) is 19.3 Å². The van der Waals surface area contributed by atoms with E-state index in [1.165, 1.54) is 6.08 Å². The van der Waals surface area contributed by atoms with Crippen LogP contribution in [0.1, 0.15) is 26.2 Å². The van der Waals surface area contributed by atoms with Gasteiger partial charge in [0.1, 0.15) is 6.10 Å². The Morgan fingerprint density at radius 1 is 1.50 bits per heavy atom. The fourth-order valence-electron chi connectivity index (χ4n) is 2.00. The lowest BCUT2D eigenvalue weighted by Gasteiger charge is -2.24. The van der Waals surface area contributed by atoms with E-state index in [1.54, 1.807) is 6.92 Å². The lowest BCUT2D eigenvalue weighted by Crippen LogP contribution is -2.48.